The third-order valence-electron chi connectivity index (χ3n) is 15.4. The molecule has 9 heteroatoms. The Labute approximate surface area is 457 Å². The zero-order valence-electron chi connectivity index (χ0n) is 48.6. The number of allylic oxidation sites excluding steroid dienone is 5. The largest absolute Gasteiger partial charge is 0.394 e. The summed E-state index contributed by atoms with van der Waals surface area (Å²) in [5.74, 6) is -0.184. The zero-order chi connectivity index (χ0) is 53.6. The average molecular weight is 1050 g/mol. The molecule has 0 aromatic rings. The summed E-state index contributed by atoms with van der Waals surface area (Å²) in [6.45, 7) is 3.77. The number of hydrogen-bond acceptors (Lipinski definition) is 8. The van der Waals surface area contributed by atoms with Crippen LogP contribution in [-0.2, 0) is 14.3 Å². The molecule has 1 rings (SSSR count). The molecule has 0 aromatic heterocycles. The number of unbranched alkanes of at least 4 members (excludes halogenated alkanes) is 42. The fourth-order valence-electron chi connectivity index (χ4n) is 10.3. The molecule has 1 fully saturated rings. The Hall–Kier alpha value is -1.59. The van der Waals surface area contributed by atoms with E-state index < -0.39 is 49.5 Å². The van der Waals surface area contributed by atoms with E-state index in [9.17, 15) is 30.3 Å². The van der Waals surface area contributed by atoms with E-state index in [2.05, 4.69) is 43.5 Å². The molecule has 1 aliphatic rings. The van der Waals surface area contributed by atoms with Gasteiger partial charge in [0.05, 0.1) is 25.4 Å². The van der Waals surface area contributed by atoms with Crippen LogP contribution in [0.4, 0.5) is 0 Å². The predicted octanol–water partition coefficient (Wildman–Crippen LogP) is 16.7. The molecule has 0 radical (unpaired) electrons. The quantitative estimate of drug-likeness (QED) is 0.0261. The third kappa shape index (κ3) is 43.4. The Morgan fingerprint density at radius 2 is 0.770 bits per heavy atom. The van der Waals surface area contributed by atoms with E-state index in [1.54, 1.807) is 6.08 Å². The van der Waals surface area contributed by atoms with E-state index in [1.165, 1.54) is 257 Å². The van der Waals surface area contributed by atoms with Crippen molar-refractivity contribution in [2.24, 2.45) is 0 Å². The van der Waals surface area contributed by atoms with Gasteiger partial charge in [-0.1, -0.05) is 288 Å². The topological polar surface area (TPSA) is 149 Å². The fourth-order valence-corrected chi connectivity index (χ4v) is 10.3. The van der Waals surface area contributed by atoms with Crippen LogP contribution in [0.1, 0.15) is 316 Å². The lowest BCUT2D eigenvalue weighted by Crippen LogP contribution is -2.60. The minimum Gasteiger partial charge on any atom is -0.394 e. The lowest BCUT2D eigenvalue weighted by molar-refractivity contribution is -0.302. The normalized spacial score (nSPS) is 19.1. The fraction of sp³-hybridized carbons (Fsp3) is 0.892. The lowest BCUT2D eigenvalue weighted by Gasteiger charge is -2.40. The third-order valence-corrected chi connectivity index (χ3v) is 15.4. The van der Waals surface area contributed by atoms with Gasteiger partial charge in [-0.2, -0.15) is 0 Å². The highest BCUT2D eigenvalue weighted by Crippen LogP contribution is 2.23. The van der Waals surface area contributed by atoms with E-state index in [0.717, 1.165) is 38.5 Å². The van der Waals surface area contributed by atoms with Gasteiger partial charge in [0, 0.05) is 6.42 Å². The number of carbonyl (C=O) groups is 1. The molecule has 9 nitrogen and oxygen atoms in total. The van der Waals surface area contributed by atoms with Crippen molar-refractivity contribution in [1.29, 1.82) is 0 Å². The SMILES string of the molecule is CCCCCCCC/C=C/CC/C=C/C(O)C(COC1OC(CO)C(O)C(O)C1O)NC(=O)CCCCCCCCCCCCCCCCCCC/C=C\CCCCCCCCCCCCCCCCCCCC. The second-order valence-corrected chi connectivity index (χ2v) is 22.5. The van der Waals surface area contributed by atoms with Crippen molar-refractivity contribution < 1.29 is 39.8 Å². The molecule has 436 valence electrons. The molecule has 0 bridgehead atoms. The predicted molar refractivity (Wildman–Crippen MR) is 313 cm³/mol. The standard InChI is InChI=1S/C65H123NO8/c1-3-5-7-9-11-13-15-17-18-19-20-21-22-23-24-25-26-27-28-29-30-31-32-33-34-35-36-37-38-39-40-41-42-43-45-47-49-51-53-55-61(69)66-58(57-73-65-64(72)63(71)62(70)60(56-67)74-65)59(68)54-52-50-48-46-44-16-14-12-10-8-6-4-2/h29-30,44,46,52,54,58-60,62-65,67-68,70-72H,3-28,31-43,45,47-51,53,55-57H2,1-2H3,(H,66,69)/b30-29-,46-44+,54-52+. The van der Waals surface area contributed by atoms with Crippen LogP contribution in [0.3, 0.4) is 0 Å². The van der Waals surface area contributed by atoms with Gasteiger partial charge < -0.3 is 40.3 Å². The van der Waals surface area contributed by atoms with Gasteiger partial charge in [0.25, 0.3) is 0 Å². The maximum atomic E-state index is 13.0. The molecule has 6 N–H and O–H groups in total. The van der Waals surface area contributed by atoms with E-state index in [0.29, 0.717) is 6.42 Å². The van der Waals surface area contributed by atoms with Gasteiger partial charge in [0.1, 0.15) is 24.4 Å². The van der Waals surface area contributed by atoms with Crippen LogP contribution in [0.2, 0.25) is 0 Å². The minimum absolute atomic E-state index is 0.184. The molecule has 74 heavy (non-hydrogen) atoms. The number of hydrogen-bond donors (Lipinski definition) is 6. The maximum absolute atomic E-state index is 13.0. The van der Waals surface area contributed by atoms with Crippen molar-refractivity contribution in [3.05, 3.63) is 36.5 Å². The number of amides is 1. The second kappa shape index (κ2) is 54.8. The smallest absolute Gasteiger partial charge is 0.220 e. The Balaban J connectivity index is 2.02. The van der Waals surface area contributed by atoms with Crippen LogP contribution in [0, 0.1) is 0 Å². The van der Waals surface area contributed by atoms with Crippen molar-refractivity contribution in [3.63, 3.8) is 0 Å². The average Bonchev–Trinajstić information content (AvgIpc) is 3.40. The van der Waals surface area contributed by atoms with E-state index in [1.807, 2.05) is 6.08 Å². The lowest BCUT2D eigenvalue weighted by atomic mass is 9.99. The van der Waals surface area contributed by atoms with Gasteiger partial charge >= 0.3 is 0 Å². The minimum atomic E-state index is -1.57. The summed E-state index contributed by atoms with van der Waals surface area (Å²) >= 11 is 0. The first-order valence-electron chi connectivity index (χ1n) is 32.2. The Kier molecular flexibility index (Phi) is 52.1. The summed E-state index contributed by atoms with van der Waals surface area (Å²) in [7, 11) is 0. The van der Waals surface area contributed by atoms with Gasteiger partial charge in [-0.3, -0.25) is 4.79 Å². The first-order valence-corrected chi connectivity index (χ1v) is 32.2. The van der Waals surface area contributed by atoms with Crippen molar-refractivity contribution in [2.45, 2.75) is 358 Å². The molecule has 1 saturated heterocycles. The molecular formula is C65H123NO8. The van der Waals surface area contributed by atoms with E-state index in [-0.39, 0.29) is 12.5 Å². The number of rotatable bonds is 56. The maximum Gasteiger partial charge on any atom is 0.220 e. The molecule has 7 atom stereocenters. The number of aliphatic hydroxyl groups is 5. The molecule has 0 saturated carbocycles. The zero-order valence-corrected chi connectivity index (χ0v) is 48.6. The Bertz CT molecular complexity index is 1260. The summed E-state index contributed by atoms with van der Waals surface area (Å²) in [6, 6.07) is -0.819. The van der Waals surface area contributed by atoms with Crippen molar-refractivity contribution in [1.82, 2.24) is 5.32 Å². The summed E-state index contributed by atoms with van der Waals surface area (Å²) in [6.07, 6.45) is 65.6. The summed E-state index contributed by atoms with van der Waals surface area (Å²) in [5, 5.41) is 54.4. The molecule has 0 aromatic carbocycles. The molecule has 1 aliphatic heterocycles. The van der Waals surface area contributed by atoms with Gasteiger partial charge in [-0.05, 0) is 57.8 Å². The second-order valence-electron chi connectivity index (χ2n) is 22.5. The van der Waals surface area contributed by atoms with Crippen LogP contribution in [0.25, 0.3) is 0 Å². The van der Waals surface area contributed by atoms with Crippen molar-refractivity contribution >= 4 is 5.91 Å². The highest BCUT2D eigenvalue weighted by molar-refractivity contribution is 5.76. The molecule has 0 aliphatic carbocycles. The van der Waals surface area contributed by atoms with Crippen LogP contribution >= 0.6 is 0 Å². The molecule has 1 amide bonds. The van der Waals surface area contributed by atoms with Gasteiger partial charge in [-0.25, -0.2) is 0 Å². The number of aliphatic hydroxyl groups excluding tert-OH is 5. The number of ether oxygens (including phenoxy) is 2. The van der Waals surface area contributed by atoms with Crippen LogP contribution < -0.4 is 5.32 Å². The summed E-state index contributed by atoms with van der Waals surface area (Å²) in [4.78, 5) is 13.0. The highest BCUT2D eigenvalue weighted by Gasteiger charge is 2.44. The summed E-state index contributed by atoms with van der Waals surface area (Å²) in [5.41, 5.74) is 0. The van der Waals surface area contributed by atoms with Gasteiger partial charge in [-0.15, -0.1) is 0 Å². The van der Waals surface area contributed by atoms with Crippen LogP contribution in [0.15, 0.2) is 36.5 Å². The highest BCUT2D eigenvalue weighted by atomic mass is 16.7. The van der Waals surface area contributed by atoms with Crippen molar-refractivity contribution in [2.75, 3.05) is 13.2 Å². The Morgan fingerprint density at radius 1 is 0.446 bits per heavy atom. The van der Waals surface area contributed by atoms with Gasteiger partial charge in [0.15, 0.2) is 6.29 Å². The number of nitrogens with one attached hydrogen (secondary N) is 1. The molecule has 7 unspecified atom stereocenters. The number of carbonyl (C=O) groups excluding carboxylic acids is 1. The van der Waals surface area contributed by atoms with E-state index >= 15 is 0 Å². The van der Waals surface area contributed by atoms with Gasteiger partial charge in [0.2, 0.25) is 5.91 Å². The molecule has 1 heterocycles. The summed E-state index contributed by atoms with van der Waals surface area (Å²) < 4.78 is 11.2. The monoisotopic (exact) mass is 1050 g/mol. The van der Waals surface area contributed by atoms with Crippen LogP contribution in [-0.4, -0.2) is 87.5 Å². The van der Waals surface area contributed by atoms with Crippen molar-refractivity contribution in [3.8, 4) is 0 Å². The molecule has 0 spiro atoms. The first-order chi connectivity index (χ1) is 36.3. The van der Waals surface area contributed by atoms with Crippen LogP contribution in [0.5, 0.6) is 0 Å². The Morgan fingerprint density at radius 3 is 1.14 bits per heavy atom. The molecular weight excluding hydrogens is 923 g/mol. The first kappa shape index (κ1) is 70.4. The van der Waals surface area contributed by atoms with E-state index in [4.69, 9.17) is 9.47 Å².